The van der Waals surface area contributed by atoms with Gasteiger partial charge in [-0.3, -0.25) is 4.79 Å². The van der Waals surface area contributed by atoms with Crippen molar-refractivity contribution >= 4 is 5.91 Å². The van der Waals surface area contributed by atoms with Crippen molar-refractivity contribution < 1.29 is 18.0 Å². The molecule has 3 nitrogen and oxygen atoms in total. The highest BCUT2D eigenvalue weighted by Crippen LogP contribution is 2.30. The van der Waals surface area contributed by atoms with Crippen molar-refractivity contribution in [2.75, 3.05) is 6.54 Å². The van der Waals surface area contributed by atoms with Crippen LogP contribution in [0, 0.1) is 23.2 Å². The Kier molecular flexibility index (Phi) is 4.55. The summed E-state index contributed by atoms with van der Waals surface area (Å²) in [5.74, 6) is 4.64. The summed E-state index contributed by atoms with van der Waals surface area (Å²) < 4.78 is 37.5. The third-order valence-electron chi connectivity index (χ3n) is 2.12. The number of halogens is 3. The summed E-state index contributed by atoms with van der Waals surface area (Å²) in [4.78, 5) is 10.6. The minimum Gasteiger partial charge on any atom is -0.345 e. The number of hydrogen-bond donors (Lipinski definition) is 1. The number of hydrogen-bond acceptors (Lipinski definition) is 2. The van der Waals surface area contributed by atoms with Gasteiger partial charge in [-0.15, -0.1) is 0 Å². The minimum absolute atomic E-state index is 0.0104. The Bertz CT molecular complexity index is 589. The smallest absolute Gasteiger partial charge is 0.345 e. The van der Waals surface area contributed by atoms with E-state index in [0.717, 1.165) is 18.2 Å². The Hall–Kier alpha value is -2.47. The van der Waals surface area contributed by atoms with E-state index in [0.29, 0.717) is 0 Å². The predicted molar refractivity (Wildman–Crippen MR) is 61.7 cm³/mol. The summed E-state index contributed by atoms with van der Waals surface area (Å²) >= 11 is 0. The fourth-order valence-corrected chi connectivity index (χ4v) is 1.23. The van der Waals surface area contributed by atoms with Gasteiger partial charge < -0.3 is 5.32 Å². The van der Waals surface area contributed by atoms with E-state index < -0.39 is 11.7 Å². The van der Waals surface area contributed by atoms with E-state index in [1.807, 2.05) is 0 Å². The number of benzene rings is 1. The summed E-state index contributed by atoms with van der Waals surface area (Å²) in [5.41, 5.74) is -0.818. The second-order valence-electron chi connectivity index (χ2n) is 3.58. The molecular weight excluding hydrogens is 257 g/mol. The van der Waals surface area contributed by atoms with Crippen LogP contribution in [0.3, 0.4) is 0 Å². The first-order chi connectivity index (χ1) is 8.84. The number of nitrogens with zero attached hydrogens (tertiary/aromatic N) is 1. The molecule has 0 aliphatic carbocycles. The highest BCUT2D eigenvalue weighted by atomic mass is 19.4. The van der Waals surface area contributed by atoms with E-state index in [1.54, 1.807) is 6.07 Å². The molecule has 0 heterocycles. The molecule has 0 unspecified atom stereocenters. The lowest BCUT2D eigenvalue weighted by Crippen LogP contribution is -2.19. The van der Waals surface area contributed by atoms with Crippen molar-refractivity contribution in [2.24, 2.45) is 0 Å². The second kappa shape index (κ2) is 5.92. The van der Waals surface area contributed by atoms with Crippen molar-refractivity contribution in [3.05, 3.63) is 34.9 Å². The molecule has 98 valence electrons. The number of nitrogens with one attached hydrogen (secondary N) is 1. The number of nitriles is 1. The molecule has 0 spiro atoms. The van der Waals surface area contributed by atoms with Gasteiger partial charge in [0.05, 0.1) is 17.7 Å². The molecule has 1 N–H and O–H groups in total. The summed E-state index contributed by atoms with van der Waals surface area (Å²) in [6, 6.07) is 4.49. The van der Waals surface area contributed by atoms with Crippen molar-refractivity contribution in [3.63, 3.8) is 0 Å². The first-order valence-electron chi connectivity index (χ1n) is 5.19. The van der Waals surface area contributed by atoms with E-state index >= 15 is 0 Å². The quantitative estimate of drug-likeness (QED) is 0.791. The Morgan fingerprint density at radius 2 is 2.05 bits per heavy atom. The SMILES string of the molecule is CC(=O)NCC#Cc1cc(C(F)(F)F)ccc1C#N. The summed E-state index contributed by atoms with van der Waals surface area (Å²) in [6.07, 6.45) is -4.48. The van der Waals surface area contributed by atoms with E-state index in [-0.39, 0.29) is 23.6 Å². The largest absolute Gasteiger partial charge is 0.416 e. The number of alkyl halides is 3. The van der Waals surface area contributed by atoms with Crippen LogP contribution in [0.2, 0.25) is 0 Å². The van der Waals surface area contributed by atoms with Crippen LogP contribution in [0.4, 0.5) is 13.2 Å². The molecule has 1 amide bonds. The summed E-state index contributed by atoms with van der Waals surface area (Å²) in [5, 5.41) is 11.2. The Morgan fingerprint density at radius 3 is 2.58 bits per heavy atom. The Balaban J connectivity index is 3.04. The fourth-order valence-electron chi connectivity index (χ4n) is 1.23. The van der Waals surface area contributed by atoms with Crippen LogP contribution in [0.1, 0.15) is 23.6 Å². The highest BCUT2D eigenvalue weighted by molar-refractivity contribution is 5.73. The monoisotopic (exact) mass is 266 g/mol. The van der Waals surface area contributed by atoms with Gasteiger partial charge in [-0.2, -0.15) is 18.4 Å². The zero-order chi connectivity index (χ0) is 14.5. The summed E-state index contributed by atoms with van der Waals surface area (Å²) in [7, 11) is 0. The highest BCUT2D eigenvalue weighted by Gasteiger charge is 2.30. The molecule has 0 radical (unpaired) electrons. The molecule has 0 bridgehead atoms. The van der Waals surface area contributed by atoms with Crippen LogP contribution in [0.25, 0.3) is 0 Å². The van der Waals surface area contributed by atoms with E-state index in [2.05, 4.69) is 17.2 Å². The summed E-state index contributed by atoms with van der Waals surface area (Å²) in [6.45, 7) is 1.31. The number of rotatable bonds is 1. The first kappa shape index (κ1) is 14.6. The van der Waals surface area contributed by atoms with Crippen molar-refractivity contribution in [1.29, 1.82) is 5.26 Å². The molecule has 19 heavy (non-hydrogen) atoms. The van der Waals surface area contributed by atoms with Gasteiger partial charge in [0, 0.05) is 12.5 Å². The van der Waals surface area contributed by atoms with Gasteiger partial charge >= 0.3 is 6.18 Å². The van der Waals surface area contributed by atoms with Gasteiger partial charge in [-0.05, 0) is 18.2 Å². The zero-order valence-corrected chi connectivity index (χ0v) is 9.93. The molecule has 6 heteroatoms. The Morgan fingerprint density at radius 1 is 1.37 bits per heavy atom. The third-order valence-corrected chi connectivity index (χ3v) is 2.12. The maximum absolute atomic E-state index is 12.5. The van der Waals surface area contributed by atoms with Crippen LogP contribution in [0.5, 0.6) is 0 Å². The lowest BCUT2D eigenvalue weighted by atomic mass is 10.0. The molecule has 0 atom stereocenters. The van der Waals surface area contributed by atoms with Crippen LogP contribution in [0.15, 0.2) is 18.2 Å². The maximum atomic E-state index is 12.5. The molecule has 0 saturated heterocycles. The fraction of sp³-hybridized carbons (Fsp3) is 0.231. The molecule has 0 aromatic heterocycles. The average Bonchev–Trinajstić information content (AvgIpc) is 2.33. The molecular formula is C13H9F3N2O. The maximum Gasteiger partial charge on any atom is 0.416 e. The van der Waals surface area contributed by atoms with Gasteiger partial charge in [-0.1, -0.05) is 11.8 Å². The van der Waals surface area contributed by atoms with Gasteiger partial charge in [-0.25, -0.2) is 0 Å². The van der Waals surface area contributed by atoms with Gasteiger partial charge in [0.2, 0.25) is 5.91 Å². The molecule has 1 rings (SSSR count). The van der Waals surface area contributed by atoms with Crippen LogP contribution < -0.4 is 5.32 Å². The third kappa shape index (κ3) is 4.36. The van der Waals surface area contributed by atoms with Crippen LogP contribution in [-0.2, 0) is 11.0 Å². The normalized spacial score (nSPS) is 10.1. The number of carbonyl (C=O) groups excluding carboxylic acids is 1. The van der Waals surface area contributed by atoms with Crippen molar-refractivity contribution in [1.82, 2.24) is 5.32 Å². The molecule has 0 aliphatic heterocycles. The number of carbonyl (C=O) groups is 1. The lowest BCUT2D eigenvalue weighted by molar-refractivity contribution is -0.137. The standard InChI is InChI=1S/C13H9F3N2O/c1-9(19)18-6-2-3-10-7-12(13(14,15)16)5-4-11(10)8-17/h4-5,7H,6H2,1H3,(H,18,19). The van der Waals surface area contributed by atoms with E-state index in [1.165, 1.54) is 6.92 Å². The van der Waals surface area contributed by atoms with Crippen molar-refractivity contribution in [3.8, 4) is 17.9 Å². The molecule has 0 saturated carbocycles. The van der Waals surface area contributed by atoms with Crippen molar-refractivity contribution in [2.45, 2.75) is 13.1 Å². The molecule has 0 fully saturated rings. The van der Waals surface area contributed by atoms with E-state index in [9.17, 15) is 18.0 Å². The molecule has 0 aliphatic rings. The van der Waals surface area contributed by atoms with E-state index in [4.69, 9.17) is 5.26 Å². The second-order valence-corrected chi connectivity index (χ2v) is 3.58. The first-order valence-corrected chi connectivity index (χ1v) is 5.19. The number of amides is 1. The van der Waals surface area contributed by atoms with Gasteiger partial charge in [0.1, 0.15) is 6.07 Å². The van der Waals surface area contributed by atoms with Crippen LogP contribution in [-0.4, -0.2) is 12.5 Å². The van der Waals surface area contributed by atoms with Crippen LogP contribution >= 0.6 is 0 Å². The van der Waals surface area contributed by atoms with Gasteiger partial charge in [0.15, 0.2) is 0 Å². The molecule has 1 aromatic rings. The predicted octanol–water partition coefficient (Wildman–Crippen LogP) is 2.06. The topological polar surface area (TPSA) is 52.9 Å². The lowest BCUT2D eigenvalue weighted by Gasteiger charge is -2.07. The average molecular weight is 266 g/mol. The minimum atomic E-state index is -4.48. The molecule has 1 aromatic carbocycles. The van der Waals surface area contributed by atoms with Gasteiger partial charge in [0.25, 0.3) is 0 Å². The zero-order valence-electron chi connectivity index (χ0n) is 9.93. The Labute approximate surface area is 108 Å².